The summed E-state index contributed by atoms with van der Waals surface area (Å²) in [6, 6.07) is 8.94. The van der Waals surface area contributed by atoms with Crippen molar-refractivity contribution in [1.82, 2.24) is 0 Å². The SMILES string of the molecule is O=P1(c2ccccc2)CC[C@H](O)[C@H]1O. The van der Waals surface area contributed by atoms with Crippen LogP contribution in [0.2, 0.25) is 0 Å². The van der Waals surface area contributed by atoms with Gasteiger partial charge in [0, 0.05) is 11.5 Å². The van der Waals surface area contributed by atoms with Crippen molar-refractivity contribution in [2.24, 2.45) is 0 Å². The molecule has 0 saturated carbocycles. The van der Waals surface area contributed by atoms with Crippen molar-refractivity contribution < 1.29 is 14.8 Å². The minimum Gasteiger partial charge on any atom is -0.390 e. The molecule has 1 aromatic carbocycles. The number of aliphatic hydroxyl groups excluding tert-OH is 2. The Bertz CT molecular complexity index is 363. The Morgan fingerprint density at radius 2 is 1.86 bits per heavy atom. The highest BCUT2D eigenvalue weighted by Gasteiger charge is 2.43. The fraction of sp³-hybridized carbons (Fsp3) is 0.400. The van der Waals surface area contributed by atoms with E-state index in [0.717, 1.165) is 0 Å². The molecule has 0 bridgehead atoms. The van der Waals surface area contributed by atoms with Crippen molar-refractivity contribution in [1.29, 1.82) is 0 Å². The van der Waals surface area contributed by atoms with Gasteiger partial charge < -0.3 is 14.8 Å². The molecule has 1 heterocycles. The molecule has 1 aliphatic heterocycles. The molecule has 4 heteroatoms. The number of rotatable bonds is 1. The van der Waals surface area contributed by atoms with Crippen LogP contribution in [0.25, 0.3) is 0 Å². The van der Waals surface area contributed by atoms with E-state index in [1.165, 1.54) is 0 Å². The fourth-order valence-corrected chi connectivity index (χ4v) is 4.70. The average molecular weight is 212 g/mol. The zero-order valence-electron chi connectivity index (χ0n) is 7.71. The molecule has 1 saturated heterocycles. The van der Waals surface area contributed by atoms with Crippen LogP contribution in [0.15, 0.2) is 30.3 Å². The Kier molecular flexibility index (Phi) is 2.48. The molecular formula is C10H13O3P. The second kappa shape index (κ2) is 3.50. The van der Waals surface area contributed by atoms with Crippen molar-refractivity contribution in [2.45, 2.75) is 18.4 Å². The fourth-order valence-electron chi connectivity index (χ4n) is 1.85. The molecule has 1 aliphatic rings. The predicted molar refractivity (Wildman–Crippen MR) is 55.2 cm³/mol. The van der Waals surface area contributed by atoms with Gasteiger partial charge in [-0.25, -0.2) is 0 Å². The minimum absolute atomic E-state index is 0.402. The van der Waals surface area contributed by atoms with Crippen LogP contribution >= 0.6 is 7.14 Å². The molecule has 2 N–H and O–H groups in total. The molecule has 1 unspecified atom stereocenters. The summed E-state index contributed by atoms with van der Waals surface area (Å²) >= 11 is 0. The summed E-state index contributed by atoms with van der Waals surface area (Å²) in [6.07, 6.45) is -0.00629. The lowest BCUT2D eigenvalue weighted by Crippen LogP contribution is -2.22. The van der Waals surface area contributed by atoms with Gasteiger partial charge in [0.1, 0.15) is 13.0 Å². The Balaban J connectivity index is 2.39. The summed E-state index contributed by atoms with van der Waals surface area (Å²) < 4.78 is 12.3. The minimum atomic E-state index is -2.76. The number of benzene rings is 1. The summed E-state index contributed by atoms with van der Waals surface area (Å²) in [7, 11) is -2.76. The second-order valence-corrected chi connectivity index (χ2v) is 6.71. The van der Waals surface area contributed by atoms with Crippen LogP contribution in [-0.4, -0.2) is 28.3 Å². The van der Waals surface area contributed by atoms with Crippen molar-refractivity contribution >= 4 is 12.4 Å². The van der Waals surface area contributed by atoms with Gasteiger partial charge in [-0.3, -0.25) is 0 Å². The van der Waals surface area contributed by atoms with Gasteiger partial charge >= 0.3 is 0 Å². The first kappa shape index (κ1) is 9.91. The molecule has 0 amide bonds. The van der Waals surface area contributed by atoms with E-state index < -0.39 is 19.1 Å². The van der Waals surface area contributed by atoms with Gasteiger partial charge in [-0.15, -0.1) is 0 Å². The third-order valence-corrected chi connectivity index (χ3v) is 6.02. The molecule has 2 rings (SSSR count). The van der Waals surface area contributed by atoms with Crippen LogP contribution in [0.1, 0.15) is 6.42 Å². The molecule has 1 fully saturated rings. The number of aliphatic hydroxyl groups is 2. The van der Waals surface area contributed by atoms with Gasteiger partial charge in [-0.2, -0.15) is 0 Å². The van der Waals surface area contributed by atoms with Gasteiger partial charge in [-0.1, -0.05) is 30.3 Å². The molecule has 3 atom stereocenters. The summed E-state index contributed by atoms with van der Waals surface area (Å²) in [4.78, 5) is 0. The Morgan fingerprint density at radius 1 is 1.21 bits per heavy atom. The lowest BCUT2D eigenvalue weighted by atomic mass is 10.3. The highest BCUT2D eigenvalue weighted by atomic mass is 31.2. The quantitative estimate of drug-likeness (QED) is 0.675. The van der Waals surface area contributed by atoms with Crippen LogP contribution < -0.4 is 5.30 Å². The zero-order chi connectivity index (χ0) is 10.2. The van der Waals surface area contributed by atoms with Crippen molar-refractivity contribution in [3.63, 3.8) is 0 Å². The first-order chi connectivity index (χ1) is 6.64. The molecule has 1 aromatic rings. The van der Waals surface area contributed by atoms with Gasteiger partial charge in [0.2, 0.25) is 0 Å². The molecular weight excluding hydrogens is 199 g/mol. The van der Waals surface area contributed by atoms with Crippen LogP contribution in [0.4, 0.5) is 0 Å². The summed E-state index contributed by atoms with van der Waals surface area (Å²) in [5.74, 6) is -1.08. The van der Waals surface area contributed by atoms with Crippen LogP contribution in [0, 0.1) is 0 Å². The lowest BCUT2D eigenvalue weighted by Gasteiger charge is -2.17. The van der Waals surface area contributed by atoms with E-state index in [9.17, 15) is 14.8 Å². The first-order valence-corrected chi connectivity index (χ1v) is 6.61. The topological polar surface area (TPSA) is 57.5 Å². The highest BCUT2D eigenvalue weighted by molar-refractivity contribution is 7.72. The largest absolute Gasteiger partial charge is 0.390 e. The first-order valence-electron chi connectivity index (χ1n) is 4.65. The zero-order valence-corrected chi connectivity index (χ0v) is 8.60. The van der Waals surface area contributed by atoms with E-state index in [1.807, 2.05) is 6.07 Å². The normalized spacial score (nSPS) is 37.3. The van der Waals surface area contributed by atoms with Gasteiger partial charge in [-0.05, 0) is 6.42 Å². The van der Waals surface area contributed by atoms with E-state index in [-0.39, 0.29) is 0 Å². The third-order valence-electron chi connectivity index (χ3n) is 2.72. The van der Waals surface area contributed by atoms with E-state index in [2.05, 4.69) is 0 Å². The summed E-state index contributed by atoms with van der Waals surface area (Å²) in [5, 5.41) is 19.7. The molecule has 0 spiro atoms. The van der Waals surface area contributed by atoms with E-state index in [4.69, 9.17) is 0 Å². The Labute approximate surface area is 82.8 Å². The van der Waals surface area contributed by atoms with Gasteiger partial charge in [0.15, 0.2) is 0 Å². The lowest BCUT2D eigenvalue weighted by molar-refractivity contribution is 0.0763. The number of hydrogen-bond donors (Lipinski definition) is 2. The maximum atomic E-state index is 12.3. The third kappa shape index (κ3) is 1.42. The molecule has 0 aliphatic carbocycles. The average Bonchev–Trinajstić information content (AvgIpc) is 2.49. The molecule has 76 valence electrons. The highest BCUT2D eigenvalue weighted by Crippen LogP contribution is 2.55. The monoisotopic (exact) mass is 212 g/mol. The summed E-state index contributed by atoms with van der Waals surface area (Å²) in [6.45, 7) is 0. The van der Waals surface area contributed by atoms with Crippen molar-refractivity contribution in [3.05, 3.63) is 30.3 Å². The van der Waals surface area contributed by atoms with Crippen LogP contribution in [-0.2, 0) is 4.57 Å². The number of hydrogen-bond acceptors (Lipinski definition) is 3. The standard InChI is InChI=1S/C10H13O3P/c11-9-6-7-14(13,10(9)12)8-4-2-1-3-5-8/h1-5,9-12H,6-7H2/t9-,10-,14?/m0/s1. The van der Waals surface area contributed by atoms with E-state index >= 15 is 0 Å². The Morgan fingerprint density at radius 3 is 2.36 bits per heavy atom. The van der Waals surface area contributed by atoms with E-state index in [1.54, 1.807) is 24.3 Å². The molecule has 0 aromatic heterocycles. The van der Waals surface area contributed by atoms with Gasteiger partial charge in [0.05, 0.1) is 6.10 Å². The molecule has 0 radical (unpaired) electrons. The maximum absolute atomic E-state index is 12.3. The second-order valence-electron chi connectivity index (χ2n) is 3.62. The van der Waals surface area contributed by atoms with Crippen LogP contribution in [0.5, 0.6) is 0 Å². The predicted octanol–water partition coefficient (Wildman–Crippen LogP) is 0.758. The van der Waals surface area contributed by atoms with E-state index in [0.29, 0.717) is 17.9 Å². The smallest absolute Gasteiger partial charge is 0.145 e. The maximum Gasteiger partial charge on any atom is 0.145 e. The van der Waals surface area contributed by atoms with Crippen molar-refractivity contribution in [2.75, 3.05) is 6.16 Å². The van der Waals surface area contributed by atoms with Crippen molar-refractivity contribution in [3.8, 4) is 0 Å². The van der Waals surface area contributed by atoms with Gasteiger partial charge in [0.25, 0.3) is 0 Å². The van der Waals surface area contributed by atoms with Crippen LogP contribution in [0.3, 0.4) is 0 Å². The summed E-state index contributed by atoms with van der Waals surface area (Å²) in [5.41, 5.74) is 0. The molecule has 14 heavy (non-hydrogen) atoms. The molecule has 3 nitrogen and oxygen atoms in total. The Hall–Kier alpha value is -0.630.